The van der Waals surface area contributed by atoms with Gasteiger partial charge >= 0.3 is 0 Å². The van der Waals surface area contributed by atoms with Gasteiger partial charge in [0, 0.05) is 7.11 Å². The Balaban J connectivity index is 2.11. The molecule has 0 aliphatic heterocycles. The van der Waals surface area contributed by atoms with Crippen LogP contribution in [0.2, 0.25) is 0 Å². The summed E-state index contributed by atoms with van der Waals surface area (Å²) < 4.78 is 15.5. The molecule has 2 aromatic rings. The highest BCUT2D eigenvalue weighted by Gasteiger charge is 2.08. The lowest BCUT2D eigenvalue weighted by Gasteiger charge is -2.07. The normalized spacial score (nSPS) is 10.8. The third-order valence-electron chi connectivity index (χ3n) is 3.38. The van der Waals surface area contributed by atoms with Crippen LogP contribution in [0.3, 0.4) is 0 Å². The summed E-state index contributed by atoms with van der Waals surface area (Å²) >= 11 is 0. The average molecular weight is 328 g/mol. The van der Waals surface area contributed by atoms with Crippen LogP contribution in [0.15, 0.2) is 36.4 Å². The lowest BCUT2D eigenvalue weighted by Crippen LogP contribution is -2.03. The molecule has 0 aliphatic carbocycles. The van der Waals surface area contributed by atoms with Crippen molar-refractivity contribution < 1.29 is 24.1 Å². The quantitative estimate of drug-likeness (QED) is 0.457. The van der Waals surface area contributed by atoms with E-state index >= 15 is 0 Å². The first-order valence-electron chi connectivity index (χ1n) is 7.44. The number of methoxy groups -OCH3 is 2. The van der Waals surface area contributed by atoms with Crippen LogP contribution in [0.25, 0.3) is 12.2 Å². The average Bonchev–Trinajstić information content (AvgIpc) is 2.62. The fraction of sp³-hybridized carbons (Fsp3) is 0.211. The molecule has 2 aromatic carbocycles. The summed E-state index contributed by atoms with van der Waals surface area (Å²) in [6.45, 7) is 1.05. The molecule has 0 amide bonds. The van der Waals surface area contributed by atoms with E-state index in [0.717, 1.165) is 16.9 Å². The van der Waals surface area contributed by atoms with Gasteiger partial charge in [-0.1, -0.05) is 24.3 Å². The first-order valence-corrected chi connectivity index (χ1v) is 7.44. The van der Waals surface area contributed by atoms with E-state index in [9.17, 15) is 9.90 Å². The summed E-state index contributed by atoms with van der Waals surface area (Å²) in [6, 6.07) is 10.9. The number of ether oxygens (including phenoxy) is 3. The third kappa shape index (κ3) is 4.60. The third-order valence-corrected chi connectivity index (χ3v) is 3.38. The number of carbonyl (C=O) groups excluding carboxylic acids is 1. The van der Waals surface area contributed by atoms with Crippen molar-refractivity contribution in [3.8, 4) is 17.2 Å². The molecule has 0 spiro atoms. The minimum absolute atomic E-state index is 0.151. The number of carbonyl (C=O) groups is 1. The minimum atomic E-state index is -0.151. The summed E-state index contributed by atoms with van der Waals surface area (Å²) in [4.78, 5) is 11.0. The standard InChI is InChI=1S/C19H20O5/c1-22-9-10-24-17-7-5-14(6-8-17)3-4-15-11-16(13-20)19(21)18(12-15)23-2/h3-8,11-13,21H,9-10H2,1-2H3. The van der Waals surface area contributed by atoms with Crippen molar-refractivity contribution >= 4 is 18.4 Å². The molecule has 0 aliphatic rings. The van der Waals surface area contributed by atoms with Gasteiger partial charge in [0.2, 0.25) is 0 Å². The summed E-state index contributed by atoms with van der Waals surface area (Å²) in [7, 11) is 3.07. The molecule has 0 unspecified atom stereocenters. The van der Waals surface area contributed by atoms with E-state index in [4.69, 9.17) is 14.2 Å². The molecule has 0 saturated heterocycles. The maximum Gasteiger partial charge on any atom is 0.168 e. The molecule has 2 rings (SSSR count). The first kappa shape index (κ1) is 17.6. The topological polar surface area (TPSA) is 65.0 Å². The molecule has 126 valence electrons. The van der Waals surface area contributed by atoms with Crippen LogP contribution in [-0.2, 0) is 4.74 Å². The van der Waals surface area contributed by atoms with Gasteiger partial charge in [-0.2, -0.15) is 0 Å². The second-order valence-corrected chi connectivity index (χ2v) is 5.02. The summed E-state index contributed by atoms with van der Waals surface area (Å²) in [5, 5.41) is 9.81. The predicted octanol–water partition coefficient (Wildman–Crippen LogP) is 3.41. The molecule has 0 heterocycles. The highest BCUT2D eigenvalue weighted by molar-refractivity contribution is 5.84. The Labute approximate surface area is 141 Å². The van der Waals surface area contributed by atoms with Gasteiger partial charge < -0.3 is 19.3 Å². The summed E-state index contributed by atoms with van der Waals surface area (Å²) in [5.74, 6) is 0.891. The number of hydrogen-bond donors (Lipinski definition) is 1. The lowest BCUT2D eigenvalue weighted by atomic mass is 10.1. The number of phenols is 1. The Bertz CT molecular complexity index is 704. The van der Waals surface area contributed by atoms with Crippen molar-refractivity contribution in [3.05, 3.63) is 53.1 Å². The van der Waals surface area contributed by atoms with E-state index < -0.39 is 0 Å². The number of aldehydes is 1. The van der Waals surface area contributed by atoms with E-state index in [0.29, 0.717) is 19.5 Å². The zero-order valence-electron chi connectivity index (χ0n) is 13.7. The first-order chi connectivity index (χ1) is 11.7. The fourth-order valence-electron chi connectivity index (χ4n) is 2.10. The smallest absolute Gasteiger partial charge is 0.168 e. The Morgan fingerprint density at radius 2 is 1.71 bits per heavy atom. The lowest BCUT2D eigenvalue weighted by molar-refractivity contribution is 0.112. The molecule has 24 heavy (non-hydrogen) atoms. The molecule has 0 atom stereocenters. The van der Waals surface area contributed by atoms with Crippen LogP contribution < -0.4 is 9.47 Å². The molecule has 5 nitrogen and oxygen atoms in total. The van der Waals surface area contributed by atoms with Gasteiger partial charge in [0.1, 0.15) is 12.4 Å². The van der Waals surface area contributed by atoms with E-state index in [1.165, 1.54) is 7.11 Å². The number of aromatic hydroxyl groups is 1. The van der Waals surface area contributed by atoms with Crippen molar-refractivity contribution in [3.63, 3.8) is 0 Å². The van der Waals surface area contributed by atoms with Crippen LogP contribution in [0, 0.1) is 0 Å². The van der Waals surface area contributed by atoms with Crippen LogP contribution in [0.1, 0.15) is 21.5 Å². The summed E-state index contributed by atoms with van der Waals surface area (Å²) in [5.41, 5.74) is 1.93. The van der Waals surface area contributed by atoms with Gasteiger partial charge in [-0.3, -0.25) is 4.79 Å². The molecule has 5 heteroatoms. The highest BCUT2D eigenvalue weighted by Crippen LogP contribution is 2.31. The molecule has 1 N–H and O–H groups in total. The van der Waals surface area contributed by atoms with Crippen LogP contribution in [-0.4, -0.2) is 38.8 Å². The highest BCUT2D eigenvalue weighted by atomic mass is 16.5. The maximum absolute atomic E-state index is 11.0. The number of rotatable bonds is 8. The number of hydrogen-bond acceptors (Lipinski definition) is 5. The molecule has 0 aromatic heterocycles. The van der Waals surface area contributed by atoms with Gasteiger partial charge in [-0.25, -0.2) is 0 Å². The molecular weight excluding hydrogens is 308 g/mol. The van der Waals surface area contributed by atoms with Gasteiger partial charge in [-0.05, 0) is 35.4 Å². The Morgan fingerprint density at radius 3 is 2.33 bits per heavy atom. The van der Waals surface area contributed by atoms with E-state index in [1.807, 2.05) is 36.4 Å². The van der Waals surface area contributed by atoms with Gasteiger partial charge in [0.05, 0.1) is 19.3 Å². The van der Waals surface area contributed by atoms with E-state index in [2.05, 4.69) is 0 Å². The van der Waals surface area contributed by atoms with Crippen LogP contribution >= 0.6 is 0 Å². The number of phenolic OH excluding ortho intramolecular Hbond substituents is 1. The largest absolute Gasteiger partial charge is 0.504 e. The predicted molar refractivity (Wildman–Crippen MR) is 92.8 cm³/mol. The Morgan fingerprint density at radius 1 is 1.00 bits per heavy atom. The van der Waals surface area contributed by atoms with Crippen molar-refractivity contribution in [2.24, 2.45) is 0 Å². The number of benzene rings is 2. The molecule has 0 saturated carbocycles. The van der Waals surface area contributed by atoms with E-state index in [1.54, 1.807) is 19.2 Å². The van der Waals surface area contributed by atoms with Gasteiger partial charge in [-0.15, -0.1) is 0 Å². The summed E-state index contributed by atoms with van der Waals surface area (Å²) in [6.07, 6.45) is 4.34. The van der Waals surface area contributed by atoms with Crippen LogP contribution in [0.4, 0.5) is 0 Å². The minimum Gasteiger partial charge on any atom is -0.504 e. The van der Waals surface area contributed by atoms with Crippen molar-refractivity contribution in [2.45, 2.75) is 0 Å². The molecule has 0 fully saturated rings. The van der Waals surface area contributed by atoms with Crippen molar-refractivity contribution in [2.75, 3.05) is 27.4 Å². The fourth-order valence-corrected chi connectivity index (χ4v) is 2.10. The SMILES string of the molecule is COCCOc1ccc(C=Cc2cc(C=O)c(O)c(OC)c2)cc1. The molecule has 0 radical (unpaired) electrons. The second-order valence-electron chi connectivity index (χ2n) is 5.02. The second kappa shape index (κ2) is 8.74. The van der Waals surface area contributed by atoms with Crippen LogP contribution in [0.5, 0.6) is 17.2 Å². The Kier molecular flexibility index (Phi) is 6.40. The van der Waals surface area contributed by atoms with Crippen molar-refractivity contribution in [1.29, 1.82) is 0 Å². The molecular formula is C19H20O5. The zero-order chi connectivity index (χ0) is 17.4. The molecule has 0 bridgehead atoms. The van der Waals surface area contributed by atoms with Crippen molar-refractivity contribution in [1.82, 2.24) is 0 Å². The maximum atomic E-state index is 11.0. The zero-order valence-corrected chi connectivity index (χ0v) is 13.7. The van der Waals surface area contributed by atoms with Gasteiger partial charge in [0.15, 0.2) is 17.8 Å². The Hall–Kier alpha value is -2.79. The van der Waals surface area contributed by atoms with Gasteiger partial charge in [0.25, 0.3) is 0 Å². The van der Waals surface area contributed by atoms with E-state index in [-0.39, 0.29) is 17.1 Å². The monoisotopic (exact) mass is 328 g/mol.